The highest BCUT2D eigenvalue weighted by atomic mass is 79.9. The van der Waals surface area contributed by atoms with Gasteiger partial charge in [0, 0.05) is 19.2 Å². The highest BCUT2D eigenvalue weighted by molar-refractivity contribution is 9.10. The third kappa shape index (κ3) is 3.35. The van der Waals surface area contributed by atoms with Crippen molar-refractivity contribution in [2.75, 3.05) is 0 Å². The molecule has 1 heterocycles. The minimum atomic E-state index is -2.45. The molecule has 1 aromatic rings. The van der Waals surface area contributed by atoms with Gasteiger partial charge in [0.15, 0.2) is 0 Å². The Hall–Kier alpha value is -0.750. The van der Waals surface area contributed by atoms with Crippen LogP contribution in [0.1, 0.15) is 18.9 Å². The fourth-order valence-electron chi connectivity index (χ4n) is 1.42. The summed E-state index contributed by atoms with van der Waals surface area (Å²) in [6, 6.07) is 0. The van der Waals surface area contributed by atoms with Crippen LogP contribution in [0.5, 0.6) is 0 Å². The Morgan fingerprint density at radius 2 is 2.35 bits per heavy atom. The highest BCUT2D eigenvalue weighted by Gasteiger charge is 2.33. The molecule has 0 fully saturated rings. The van der Waals surface area contributed by atoms with E-state index in [0.717, 1.165) is 10.2 Å². The van der Waals surface area contributed by atoms with Crippen molar-refractivity contribution in [2.24, 2.45) is 7.05 Å². The molecule has 1 rings (SSSR count). The molecule has 0 amide bonds. The molecule has 3 nitrogen and oxygen atoms in total. The number of nitrogens with one attached hydrogen (secondary N) is 1. The van der Waals surface area contributed by atoms with Crippen LogP contribution in [0.2, 0.25) is 0 Å². The first-order valence-corrected chi connectivity index (χ1v) is 6.00. The molecule has 6 heteroatoms. The molecule has 1 unspecified atom stereocenters. The summed E-state index contributed by atoms with van der Waals surface area (Å²) in [5, 5.41) is 6.89. The van der Waals surface area contributed by atoms with Crippen LogP contribution in [0.3, 0.4) is 0 Å². The Bertz CT molecular complexity index is 392. The largest absolute Gasteiger partial charge is 0.302 e. The van der Waals surface area contributed by atoms with Crippen LogP contribution in [0.25, 0.3) is 0 Å². The van der Waals surface area contributed by atoms with E-state index < -0.39 is 12.0 Å². The second-order valence-electron chi connectivity index (χ2n) is 4.15. The Labute approximate surface area is 108 Å². The molecule has 0 bridgehead atoms. The third-order valence-electron chi connectivity index (χ3n) is 2.67. The van der Waals surface area contributed by atoms with Gasteiger partial charge in [-0.25, -0.2) is 8.78 Å². The number of nitrogens with zero attached hydrogens (tertiary/aromatic N) is 2. The molecule has 0 spiro atoms. The van der Waals surface area contributed by atoms with Crippen LogP contribution in [-0.2, 0) is 13.6 Å². The maximum absolute atomic E-state index is 12.9. The number of halogens is 3. The van der Waals surface area contributed by atoms with E-state index in [4.69, 9.17) is 0 Å². The lowest BCUT2D eigenvalue weighted by atomic mass is 9.98. The van der Waals surface area contributed by atoms with Gasteiger partial charge < -0.3 is 5.32 Å². The lowest BCUT2D eigenvalue weighted by molar-refractivity contribution is 0.0408. The minimum Gasteiger partial charge on any atom is -0.302 e. The number of hydrogen-bond donors (Lipinski definition) is 1. The molecular weight excluding hydrogens is 292 g/mol. The SMILES string of the molecule is C=CCC(C)(NCc1cnn(C)c1Br)C(F)F. The van der Waals surface area contributed by atoms with E-state index in [1.165, 1.54) is 13.0 Å². The van der Waals surface area contributed by atoms with Crippen molar-refractivity contribution in [3.63, 3.8) is 0 Å². The zero-order valence-electron chi connectivity index (χ0n) is 9.88. The molecule has 96 valence electrons. The molecule has 0 saturated heterocycles. The van der Waals surface area contributed by atoms with Gasteiger partial charge in [0.05, 0.1) is 11.7 Å². The summed E-state index contributed by atoms with van der Waals surface area (Å²) >= 11 is 3.35. The summed E-state index contributed by atoms with van der Waals surface area (Å²) in [6.45, 7) is 5.33. The Balaban J connectivity index is 2.70. The van der Waals surface area contributed by atoms with E-state index in [9.17, 15) is 8.78 Å². The maximum Gasteiger partial charge on any atom is 0.256 e. The predicted molar refractivity (Wildman–Crippen MR) is 67.0 cm³/mol. The number of hydrogen-bond acceptors (Lipinski definition) is 2. The van der Waals surface area contributed by atoms with E-state index >= 15 is 0 Å². The molecule has 0 saturated carbocycles. The Morgan fingerprint density at radius 1 is 1.71 bits per heavy atom. The summed E-state index contributed by atoms with van der Waals surface area (Å²) in [5.74, 6) is 0. The van der Waals surface area contributed by atoms with Gasteiger partial charge in [-0.1, -0.05) is 6.08 Å². The normalized spacial score (nSPS) is 14.9. The van der Waals surface area contributed by atoms with Crippen molar-refractivity contribution in [1.82, 2.24) is 15.1 Å². The minimum absolute atomic E-state index is 0.211. The van der Waals surface area contributed by atoms with Crippen molar-refractivity contribution >= 4 is 15.9 Å². The van der Waals surface area contributed by atoms with Gasteiger partial charge in [-0.2, -0.15) is 5.10 Å². The van der Waals surface area contributed by atoms with Crippen LogP contribution in [0, 0.1) is 0 Å². The van der Waals surface area contributed by atoms with Crippen LogP contribution >= 0.6 is 15.9 Å². The lowest BCUT2D eigenvalue weighted by Crippen LogP contribution is -2.47. The van der Waals surface area contributed by atoms with Gasteiger partial charge in [0.1, 0.15) is 4.60 Å². The summed E-state index contributed by atoms with van der Waals surface area (Å²) in [5.41, 5.74) is -0.403. The molecule has 1 atom stereocenters. The van der Waals surface area contributed by atoms with Crippen LogP contribution in [0.15, 0.2) is 23.5 Å². The van der Waals surface area contributed by atoms with Crippen LogP contribution < -0.4 is 5.32 Å². The lowest BCUT2D eigenvalue weighted by Gasteiger charge is -2.28. The molecule has 1 aromatic heterocycles. The van der Waals surface area contributed by atoms with Crippen molar-refractivity contribution < 1.29 is 8.78 Å². The monoisotopic (exact) mass is 307 g/mol. The van der Waals surface area contributed by atoms with Gasteiger partial charge >= 0.3 is 0 Å². The average molecular weight is 308 g/mol. The summed E-state index contributed by atoms with van der Waals surface area (Å²) in [7, 11) is 1.78. The van der Waals surface area contributed by atoms with E-state index in [0.29, 0.717) is 6.54 Å². The van der Waals surface area contributed by atoms with Crippen molar-refractivity contribution in [2.45, 2.75) is 31.9 Å². The highest BCUT2D eigenvalue weighted by Crippen LogP contribution is 2.22. The molecule has 0 aliphatic heterocycles. The number of alkyl halides is 2. The molecular formula is C11H16BrF2N3. The predicted octanol–water partition coefficient (Wildman–Crippen LogP) is 2.87. The summed E-state index contributed by atoms with van der Waals surface area (Å²) in [4.78, 5) is 0. The summed E-state index contributed by atoms with van der Waals surface area (Å²) in [6.07, 6.45) is 0.910. The number of aromatic nitrogens is 2. The second kappa shape index (κ2) is 5.73. The zero-order valence-corrected chi connectivity index (χ0v) is 11.5. The van der Waals surface area contributed by atoms with Crippen LogP contribution in [-0.4, -0.2) is 21.7 Å². The number of rotatable bonds is 6. The van der Waals surface area contributed by atoms with Crippen molar-refractivity contribution in [1.29, 1.82) is 0 Å². The van der Waals surface area contributed by atoms with Gasteiger partial charge in [-0.3, -0.25) is 4.68 Å². The van der Waals surface area contributed by atoms with E-state index in [2.05, 4.69) is 32.9 Å². The molecule has 0 aliphatic rings. The topological polar surface area (TPSA) is 29.9 Å². The van der Waals surface area contributed by atoms with Crippen LogP contribution in [0.4, 0.5) is 8.78 Å². The maximum atomic E-state index is 12.9. The quantitative estimate of drug-likeness (QED) is 0.819. The van der Waals surface area contributed by atoms with E-state index in [-0.39, 0.29) is 6.42 Å². The average Bonchev–Trinajstić information content (AvgIpc) is 2.57. The standard InChI is InChI=1S/C11H16BrF2N3/c1-4-5-11(2,10(13)14)15-6-8-7-16-17(3)9(8)12/h4,7,10,15H,1,5-6H2,2-3H3. The first kappa shape index (κ1) is 14.3. The fraction of sp³-hybridized carbons (Fsp3) is 0.545. The van der Waals surface area contributed by atoms with Crippen molar-refractivity contribution in [3.05, 3.63) is 29.0 Å². The third-order valence-corrected chi connectivity index (χ3v) is 3.69. The van der Waals surface area contributed by atoms with Gasteiger partial charge in [0.2, 0.25) is 0 Å². The van der Waals surface area contributed by atoms with Gasteiger partial charge in [-0.15, -0.1) is 6.58 Å². The molecule has 1 N–H and O–H groups in total. The Morgan fingerprint density at radius 3 is 2.76 bits per heavy atom. The first-order valence-electron chi connectivity index (χ1n) is 5.21. The molecule has 17 heavy (non-hydrogen) atoms. The molecule has 0 radical (unpaired) electrons. The molecule has 0 aromatic carbocycles. The Kier molecular flexibility index (Phi) is 4.82. The number of aryl methyl sites for hydroxylation is 1. The first-order chi connectivity index (χ1) is 7.90. The van der Waals surface area contributed by atoms with Crippen molar-refractivity contribution in [3.8, 4) is 0 Å². The summed E-state index contributed by atoms with van der Waals surface area (Å²) < 4.78 is 28.3. The molecule has 0 aliphatic carbocycles. The zero-order chi connectivity index (χ0) is 13.1. The van der Waals surface area contributed by atoms with Gasteiger partial charge in [0.25, 0.3) is 6.43 Å². The van der Waals surface area contributed by atoms with E-state index in [1.807, 2.05) is 0 Å². The van der Waals surface area contributed by atoms with Gasteiger partial charge in [-0.05, 0) is 29.3 Å². The van der Waals surface area contributed by atoms with E-state index in [1.54, 1.807) is 17.9 Å². The smallest absolute Gasteiger partial charge is 0.256 e. The second-order valence-corrected chi connectivity index (χ2v) is 4.90. The fourth-order valence-corrected chi connectivity index (χ4v) is 1.76.